The van der Waals surface area contributed by atoms with Gasteiger partial charge in [-0.1, -0.05) is 62.7 Å². The Balaban J connectivity index is 0.804. The molecule has 69 heavy (non-hydrogen) atoms. The second-order valence-corrected chi connectivity index (χ2v) is 20.2. The van der Waals surface area contributed by atoms with Gasteiger partial charge in [-0.2, -0.15) is 15.5 Å². The number of thiazole rings is 1. The topological polar surface area (TPSA) is 227 Å². The Bertz CT molecular complexity index is 2630. The molecule has 18 nitrogen and oxygen atoms in total. The number of benzene rings is 2. The zero-order valence-electron chi connectivity index (χ0n) is 39.9. The molecular formula is C49H61ClN12O6S. The second-order valence-electron chi connectivity index (χ2n) is 18.9. The van der Waals surface area contributed by atoms with Crippen molar-refractivity contribution in [1.82, 2.24) is 55.6 Å². The molecule has 20 heteroatoms. The lowest BCUT2D eigenvalue weighted by Gasteiger charge is -2.35. The lowest BCUT2D eigenvalue weighted by atomic mass is 9.85. The van der Waals surface area contributed by atoms with Crippen LogP contribution >= 0.6 is 22.9 Å². The number of rotatable bonds is 18. The average molecular weight is 982 g/mol. The first-order valence-electron chi connectivity index (χ1n) is 23.2. The summed E-state index contributed by atoms with van der Waals surface area (Å²) in [6.45, 7) is 16.2. The van der Waals surface area contributed by atoms with E-state index in [0.717, 1.165) is 59.1 Å². The first kappa shape index (κ1) is 50.9. The number of aliphatic hydroxyl groups is 1. The SMILES string of the molecule is Cc1ncsc1-c1ccc(C(C)NC(=O)[C@@H]2C[C@@H](O)CN2C(=O)C(NC(=O)COCCN2CCN(Cc3cc(C(=O)NC(C)Cn4ccc(-c5ccc(C#N)c(Cl)c5)n4)n[nH]3)CC2)C(C)(C)C)cc1. The molecule has 0 saturated carbocycles. The van der Waals surface area contributed by atoms with Crippen LogP contribution in [-0.4, -0.2) is 145 Å². The van der Waals surface area contributed by atoms with Crippen molar-refractivity contribution in [3.63, 3.8) is 0 Å². The van der Waals surface area contributed by atoms with Crippen LogP contribution in [-0.2, 0) is 32.2 Å². The van der Waals surface area contributed by atoms with Crippen LogP contribution in [0.2, 0.25) is 5.02 Å². The number of aromatic nitrogens is 5. The van der Waals surface area contributed by atoms with E-state index in [1.807, 2.05) is 83.6 Å². The molecule has 5 heterocycles. The molecule has 0 aliphatic carbocycles. The van der Waals surface area contributed by atoms with Crippen molar-refractivity contribution in [2.45, 2.75) is 91.3 Å². The minimum atomic E-state index is -0.961. The quantitative estimate of drug-likeness (QED) is 0.0763. The van der Waals surface area contributed by atoms with Gasteiger partial charge in [-0.15, -0.1) is 11.3 Å². The first-order chi connectivity index (χ1) is 32.9. The van der Waals surface area contributed by atoms with Gasteiger partial charge in [0.25, 0.3) is 5.91 Å². The predicted molar refractivity (Wildman–Crippen MR) is 262 cm³/mol. The number of nitrogens with one attached hydrogen (secondary N) is 4. The van der Waals surface area contributed by atoms with Gasteiger partial charge in [-0.05, 0) is 61.6 Å². The number of carbonyl (C=O) groups excluding carboxylic acids is 4. The van der Waals surface area contributed by atoms with Crippen LogP contribution in [0.25, 0.3) is 21.7 Å². The maximum Gasteiger partial charge on any atom is 0.272 e. The maximum absolute atomic E-state index is 14.1. The third kappa shape index (κ3) is 13.2. The highest BCUT2D eigenvalue weighted by Crippen LogP contribution is 2.30. The van der Waals surface area contributed by atoms with Gasteiger partial charge in [-0.3, -0.25) is 38.8 Å². The van der Waals surface area contributed by atoms with Crippen LogP contribution in [0.15, 0.2) is 66.3 Å². The Morgan fingerprint density at radius 1 is 1.00 bits per heavy atom. The van der Waals surface area contributed by atoms with E-state index in [-0.39, 0.29) is 43.5 Å². The van der Waals surface area contributed by atoms with Crippen molar-refractivity contribution >= 4 is 46.6 Å². The van der Waals surface area contributed by atoms with Crippen LogP contribution < -0.4 is 16.0 Å². The van der Waals surface area contributed by atoms with E-state index in [2.05, 4.69) is 52.1 Å². The molecule has 5 atom stereocenters. The van der Waals surface area contributed by atoms with Gasteiger partial charge in [0.05, 0.1) is 63.4 Å². The molecule has 0 radical (unpaired) electrons. The van der Waals surface area contributed by atoms with Gasteiger partial charge >= 0.3 is 0 Å². The summed E-state index contributed by atoms with van der Waals surface area (Å²) in [6.07, 6.45) is 1.04. The first-order valence-corrected chi connectivity index (χ1v) is 24.4. The number of hydrogen-bond acceptors (Lipinski definition) is 13. The summed E-state index contributed by atoms with van der Waals surface area (Å²) in [5, 5.41) is 40.9. The van der Waals surface area contributed by atoms with Gasteiger partial charge in [0, 0.05) is 70.0 Å². The lowest BCUT2D eigenvalue weighted by Crippen LogP contribution is -2.58. The molecule has 4 amide bonds. The highest BCUT2D eigenvalue weighted by atomic mass is 35.5. The van der Waals surface area contributed by atoms with Gasteiger partial charge < -0.3 is 30.7 Å². The number of aliphatic hydroxyl groups excluding tert-OH is 1. The zero-order valence-corrected chi connectivity index (χ0v) is 41.4. The molecule has 0 spiro atoms. The van der Waals surface area contributed by atoms with Crippen molar-refractivity contribution < 1.29 is 29.0 Å². The zero-order chi connectivity index (χ0) is 49.4. The van der Waals surface area contributed by atoms with Gasteiger partial charge in [0.2, 0.25) is 17.7 Å². The van der Waals surface area contributed by atoms with Crippen molar-refractivity contribution in [2.75, 3.05) is 52.5 Å². The van der Waals surface area contributed by atoms with Crippen LogP contribution in [0.4, 0.5) is 0 Å². The highest BCUT2D eigenvalue weighted by Gasteiger charge is 2.44. The molecule has 5 N–H and O–H groups in total. The second kappa shape index (κ2) is 22.6. The summed E-state index contributed by atoms with van der Waals surface area (Å²) in [4.78, 5) is 65.4. The molecule has 7 rings (SSSR count). The molecular weight excluding hydrogens is 920 g/mol. The van der Waals surface area contributed by atoms with E-state index in [9.17, 15) is 24.3 Å². The summed E-state index contributed by atoms with van der Waals surface area (Å²) in [5.41, 5.74) is 7.06. The number of piperazine rings is 1. The number of nitrogens with zero attached hydrogens (tertiary/aromatic N) is 8. The number of carbonyl (C=O) groups is 4. The number of halogens is 1. The molecule has 2 aromatic carbocycles. The van der Waals surface area contributed by atoms with E-state index in [4.69, 9.17) is 21.6 Å². The van der Waals surface area contributed by atoms with Crippen LogP contribution in [0.1, 0.15) is 80.1 Å². The fourth-order valence-electron chi connectivity index (χ4n) is 8.55. The Hall–Kier alpha value is -6.01. The largest absolute Gasteiger partial charge is 0.391 e. The molecule has 0 bridgehead atoms. The molecule has 2 aliphatic rings. The number of aryl methyl sites for hydroxylation is 1. The Kier molecular flexibility index (Phi) is 16.7. The number of likely N-dealkylation sites (tertiary alicyclic amines) is 1. The fourth-order valence-corrected chi connectivity index (χ4v) is 9.59. The van der Waals surface area contributed by atoms with E-state index in [1.165, 1.54) is 4.90 Å². The highest BCUT2D eigenvalue weighted by molar-refractivity contribution is 7.13. The minimum Gasteiger partial charge on any atom is -0.391 e. The van der Waals surface area contributed by atoms with Crippen molar-refractivity contribution in [1.29, 1.82) is 5.26 Å². The Morgan fingerprint density at radius 3 is 2.41 bits per heavy atom. The summed E-state index contributed by atoms with van der Waals surface area (Å²) in [7, 11) is 0. The lowest BCUT2D eigenvalue weighted by molar-refractivity contribution is -0.144. The summed E-state index contributed by atoms with van der Waals surface area (Å²) in [6, 6.07) is 16.3. The minimum absolute atomic E-state index is 0.0172. The van der Waals surface area contributed by atoms with Crippen molar-refractivity contribution in [3.8, 4) is 27.8 Å². The predicted octanol–water partition coefficient (Wildman–Crippen LogP) is 4.55. The molecule has 3 aromatic heterocycles. The smallest absolute Gasteiger partial charge is 0.272 e. The third-order valence-electron chi connectivity index (χ3n) is 12.4. The number of H-pyrrole nitrogens is 1. The summed E-state index contributed by atoms with van der Waals surface area (Å²) in [5.74, 6) is -1.54. The van der Waals surface area contributed by atoms with Crippen molar-refractivity contribution in [3.05, 3.63) is 99.5 Å². The Morgan fingerprint density at radius 2 is 1.72 bits per heavy atom. The van der Waals surface area contributed by atoms with Gasteiger partial charge in [-0.25, -0.2) is 4.98 Å². The van der Waals surface area contributed by atoms with Crippen LogP contribution in [0.5, 0.6) is 0 Å². The van der Waals surface area contributed by atoms with Crippen LogP contribution in [0.3, 0.4) is 0 Å². The van der Waals surface area contributed by atoms with E-state index < -0.39 is 35.4 Å². The molecule has 2 aliphatic heterocycles. The average Bonchev–Trinajstić information content (AvgIpc) is 4.15. The van der Waals surface area contributed by atoms with E-state index in [0.29, 0.717) is 48.2 Å². The summed E-state index contributed by atoms with van der Waals surface area (Å²) < 4.78 is 7.53. The number of hydrogen-bond donors (Lipinski definition) is 5. The number of ether oxygens (including phenoxy) is 1. The van der Waals surface area contributed by atoms with E-state index >= 15 is 0 Å². The molecule has 2 saturated heterocycles. The maximum atomic E-state index is 14.1. The van der Waals surface area contributed by atoms with Crippen LogP contribution in [0, 0.1) is 23.7 Å². The number of amides is 4. The third-order valence-corrected chi connectivity index (χ3v) is 13.7. The van der Waals surface area contributed by atoms with E-state index in [1.54, 1.807) is 40.3 Å². The van der Waals surface area contributed by atoms with Gasteiger partial charge in [0.15, 0.2) is 0 Å². The molecule has 366 valence electrons. The standard InChI is InChI=1S/C49H61ClN12O6S/c1-30(25-61-14-13-40(58-61)35-11-12-36(24-51)39(50)21-35)53-46(65)41-22-37(56-57-41)26-60-17-15-59(16-18-60)19-20-68-28-43(64)55-45(49(4,5)6)48(67)62-27-38(63)23-42(62)47(66)54-31(2)33-7-9-34(10-8-33)44-32(3)52-29-69-44/h7-14,21-22,29-31,38,42,45,63H,15-20,23,25-28H2,1-6H3,(H,53,65)(H,54,66)(H,55,64)(H,56,57)/t30?,31?,38-,42+,45?/m1/s1. The molecule has 3 unspecified atom stereocenters. The van der Waals surface area contributed by atoms with Crippen molar-refractivity contribution in [2.24, 2.45) is 5.41 Å². The monoisotopic (exact) mass is 980 g/mol. The number of β-amino-alcohol motifs (C(OH)–C–C–N with tert-alkyl or cyclic N) is 1. The number of nitriles is 1. The normalized spacial score (nSPS) is 18.0. The Labute approximate surface area is 411 Å². The summed E-state index contributed by atoms with van der Waals surface area (Å²) >= 11 is 7.77. The molecule has 5 aromatic rings. The van der Waals surface area contributed by atoms with Gasteiger partial charge in [0.1, 0.15) is 30.5 Å². The fraction of sp³-hybridized carbons (Fsp3) is 0.469. The number of aromatic amines is 1. The molecule has 2 fully saturated rings.